The normalized spacial score (nSPS) is 14.2. The van der Waals surface area contributed by atoms with E-state index in [4.69, 9.17) is 14.1 Å². The molecule has 10 nitrogen and oxygen atoms in total. The first-order valence-electron chi connectivity index (χ1n) is 13.2. The van der Waals surface area contributed by atoms with Crippen LogP contribution in [0.2, 0.25) is 0 Å². The second kappa shape index (κ2) is 11.9. The average Bonchev–Trinajstić information content (AvgIpc) is 3.51. The maximum absolute atomic E-state index is 13.0. The van der Waals surface area contributed by atoms with Gasteiger partial charge in [0.25, 0.3) is 10.2 Å². The molecule has 1 aliphatic rings. The van der Waals surface area contributed by atoms with Crippen LogP contribution in [0.4, 0.5) is 0 Å². The third-order valence-electron chi connectivity index (χ3n) is 6.43. The number of hydrogen-bond acceptors (Lipinski definition) is 9. The van der Waals surface area contributed by atoms with Gasteiger partial charge in [-0.1, -0.05) is 66.7 Å². The smallest absolute Gasteiger partial charge is 0.325 e. The number of thiazole rings is 1. The van der Waals surface area contributed by atoms with Crippen LogP contribution >= 0.6 is 11.3 Å². The van der Waals surface area contributed by atoms with Gasteiger partial charge < -0.3 is 9.15 Å². The fraction of sp³-hybridized carbons (Fsp3) is 0.241. The van der Waals surface area contributed by atoms with Gasteiger partial charge in [0.15, 0.2) is 0 Å². The predicted molar refractivity (Wildman–Crippen MR) is 154 cm³/mol. The number of nitrogens with one attached hydrogen (secondary N) is 2. The number of benzene rings is 3. The van der Waals surface area contributed by atoms with Crippen molar-refractivity contribution in [2.75, 3.05) is 0 Å². The third kappa shape index (κ3) is 7.22. The molecule has 0 amide bonds. The second-order valence-electron chi connectivity index (χ2n) is 9.79. The Labute approximate surface area is 241 Å². The molecule has 5 aromatic rings. The van der Waals surface area contributed by atoms with Gasteiger partial charge in [0, 0.05) is 6.04 Å². The zero-order valence-electron chi connectivity index (χ0n) is 21.9. The Morgan fingerprint density at radius 1 is 0.976 bits per heavy atom. The Bertz CT molecular complexity index is 1750. The first-order chi connectivity index (χ1) is 19.9. The Balaban J connectivity index is 1.15. The summed E-state index contributed by atoms with van der Waals surface area (Å²) in [5.41, 5.74) is 3.90. The van der Waals surface area contributed by atoms with E-state index in [-0.39, 0.29) is 25.0 Å². The molecule has 210 valence electrons. The molecule has 0 saturated heterocycles. The van der Waals surface area contributed by atoms with Crippen molar-refractivity contribution < 1.29 is 22.4 Å². The van der Waals surface area contributed by atoms with Crippen molar-refractivity contribution in [3.63, 3.8) is 0 Å². The summed E-state index contributed by atoms with van der Waals surface area (Å²) in [6, 6.07) is 24.1. The highest BCUT2D eigenvalue weighted by Gasteiger charge is 2.32. The van der Waals surface area contributed by atoms with Crippen molar-refractivity contribution in [1.29, 1.82) is 0 Å². The molecule has 2 heterocycles. The van der Waals surface area contributed by atoms with E-state index >= 15 is 0 Å². The lowest BCUT2D eigenvalue weighted by molar-refractivity contribution is -0.147. The second-order valence-corrected chi connectivity index (χ2v) is 12.4. The first kappa shape index (κ1) is 27.2. The van der Waals surface area contributed by atoms with Crippen molar-refractivity contribution in [2.24, 2.45) is 0 Å². The zero-order chi connectivity index (χ0) is 28.2. The van der Waals surface area contributed by atoms with E-state index in [1.165, 1.54) is 11.3 Å². The van der Waals surface area contributed by atoms with Crippen molar-refractivity contribution in [3.05, 3.63) is 101 Å². The minimum atomic E-state index is -3.94. The van der Waals surface area contributed by atoms with Crippen molar-refractivity contribution in [3.8, 4) is 11.1 Å². The van der Waals surface area contributed by atoms with E-state index in [2.05, 4.69) is 37.8 Å². The van der Waals surface area contributed by atoms with Crippen LogP contribution in [0.5, 0.6) is 0 Å². The average molecular weight is 590 g/mol. The number of carbonyl (C=O) groups is 1. The summed E-state index contributed by atoms with van der Waals surface area (Å²) < 4.78 is 42.4. The highest BCUT2D eigenvalue weighted by molar-refractivity contribution is 7.87. The standard InChI is InChI=1S/C29H27N5O5S2/c35-29(38-18-19-7-3-1-4-8-19)24(34-41(36,37)33-22-12-13-22)16-26-31-32-27(39-26)17-28-30-23-14-11-21(15-25(23)40-28)20-9-5-2-6-10-20/h1-11,14-15,22,24,33-34H,12-13,16-18H2/t24-/m0/s1. The molecular formula is C29H27N5O5S2. The molecule has 41 heavy (non-hydrogen) atoms. The van der Waals surface area contributed by atoms with E-state index in [1.54, 1.807) is 0 Å². The van der Waals surface area contributed by atoms with Gasteiger partial charge in [0.05, 0.1) is 23.1 Å². The first-order valence-corrected chi connectivity index (χ1v) is 15.5. The van der Waals surface area contributed by atoms with Crippen LogP contribution in [-0.2, 0) is 39.2 Å². The molecule has 1 fully saturated rings. The van der Waals surface area contributed by atoms with Crippen LogP contribution in [0.25, 0.3) is 21.3 Å². The van der Waals surface area contributed by atoms with Crippen molar-refractivity contribution >= 4 is 37.7 Å². The molecule has 12 heteroatoms. The van der Waals surface area contributed by atoms with Crippen LogP contribution in [0, 0.1) is 0 Å². The predicted octanol–water partition coefficient (Wildman–Crippen LogP) is 4.18. The van der Waals surface area contributed by atoms with E-state index in [1.807, 2.05) is 60.7 Å². The fourth-order valence-corrected chi connectivity index (χ4v) is 6.54. The Hall–Kier alpha value is -3.97. The van der Waals surface area contributed by atoms with Gasteiger partial charge in [0.2, 0.25) is 11.8 Å². The molecule has 2 N–H and O–H groups in total. The van der Waals surface area contributed by atoms with E-state index in [9.17, 15) is 13.2 Å². The molecule has 0 radical (unpaired) electrons. The summed E-state index contributed by atoms with van der Waals surface area (Å²) in [6.45, 7) is 0.00658. The topological polar surface area (TPSA) is 136 Å². The van der Waals surface area contributed by atoms with Crippen LogP contribution in [0.15, 0.2) is 83.3 Å². The Morgan fingerprint density at radius 3 is 2.46 bits per heavy atom. The van der Waals surface area contributed by atoms with E-state index in [0.29, 0.717) is 12.3 Å². The van der Waals surface area contributed by atoms with Gasteiger partial charge in [-0.25, -0.2) is 4.98 Å². The van der Waals surface area contributed by atoms with Crippen LogP contribution < -0.4 is 9.44 Å². The monoisotopic (exact) mass is 589 g/mol. The highest BCUT2D eigenvalue weighted by atomic mass is 32.2. The number of esters is 1. The number of ether oxygens (including phenoxy) is 1. The Morgan fingerprint density at radius 2 is 1.71 bits per heavy atom. The minimum Gasteiger partial charge on any atom is -0.460 e. The molecule has 0 bridgehead atoms. The molecule has 1 aliphatic carbocycles. The summed E-state index contributed by atoms with van der Waals surface area (Å²) in [4.78, 5) is 17.6. The summed E-state index contributed by atoms with van der Waals surface area (Å²) >= 11 is 1.54. The summed E-state index contributed by atoms with van der Waals surface area (Å²) in [6.07, 6.45) is 1.67. The molecule has 1 saturated carbocycles. The largest absolute Gasteiger partial charge is 0.460 e. The minimum absolute atomic E-state index is 0.00658. The van der Waals surface area contributed by atoms with Crippen LogP contribution in [-0.4, -0.2) is 41.7 Å². The number of aromatic nitrogens is 3. The number of fused-ring (bicyclic) bond motifs is 1. The van der Waals surface area contributed by atoms with E-state index < -0.39 is 22.2 Å². The van der Waals surface area contributed by atoms with Gasteiger partial charge in [0.1, 0.15) is 17.7 Å². The van der Waals surface area contributed by atoms with Crippen LogP contribution in [0.3, 0.4) is 0 Å². The van der Waals surface area contributed by atoms with Gasteiger partial charge in [-0.3, -0.25) is 4.79 Å². The molecule has 2 aromatic heterocycles. The lowest BCUT2D eigenvalue weighted by Gasteiger charge is -2.16. The molecule has 0 spiro atoms. The van der Waals surface area contributed by atoms with Crippen molar-refractivity contribution in [1.82, 2.24) is 24.6 Å². The van der Waals surface area contributed by atoms with Gasteiger partial charge in [-0.05, 0) is 41.7 Å². The SMILES string of the molecule is O=C(OCc1ccccc1)[C@H](Cc1nnc(Cc2nc3ccc(-c4ccccc4)cc3s2)o1)NS(=O)(=O)NC1CC1. The highest BCUT2D eigenvalue weighted by Crippen LogP contribution is 2.29. The molecule has 0 aliphatic heterocycles. The number of rotatable bonds is 12. The number of nitrogens with zero attached hydrogens (tertiary/aromatic N) is 3. The Kier molecular flexibility index (Phi) is 7.88. The summed E-state index contributed by atoms with van der Waals surface area (Å²) in [5, 5.41) is 8.97. The maximum atomic E-state index is 13.0. The summed E-state index contributed by atoms with van der Waals surface area (Å²) in [5.74, 6) is -0.309. The van der Waals surface area contributed by atoms with Crippen molar-refractivity contribution in [2.45, 2.75) is 44.4 Å². The molecular weight excluding hydrogens is 562 g/mol. The molecule has 0 unspecified atom stereocenters. The fourth-order valence-electron chi connectivity index (χ4n) is 4.25. The zero-order valence-corrected chi connectivity index (χ0v) is 23.5. The lowest BCUT2D eigenvalue weighted by Crippen LogP contribution is -2.48. The summed E-state index contributed by atoms with van der Waals surface area (Å²) in [7, 11) is -3.94. The number of hydrogen-bond donors (Lipinski definition) is 2. The van der Waals surface area contributed by atoms with Crippen LogP contribution in [0.1, 0.15) is 35.2 Å². The van der Waals surface area contributed by atoms with Gasteiger partial charge >= 0.3 is 5.97 Å². The molecule has 1 atom stereocenters. The lowest BCUT2D eigenvalue weighted by atomic mass is 10.1. The third-order valence-corrected chi connectivity index (χ3v) is 8.69. The van der Waals surface area contributed by atoms with E-state index in [0.717, 1.165) is 44.8 Å². The van der Waals surface area contributed by atoms with Gasteiger partial charge in [-0.15, -0.1) is 21.5 Å². The van der Waals surface area contributed by atoms with Gasteiger partial charge in [-0.2, -0.15) is 17.9 Å². The maximum Gasteiger partial charge on any atom is 0.325 e. The number of carbonyl (C=O) groups excluding carboxylic acids is 1. The molecule has 6 rings (SSSR count). The molecule has 3 aromatic carbocycles. The quantitative estimate of drug-likeness (QED) is 0.207.